The average molecular weight is 477 g/mol. The summed E-state index contributed by atoms with van der Waals surface area (Å²) in [5.41, 5.74) is 8.38. The Morgan fingerprint density at radius 3 is 2.72 bits per heavy atom. The fourth-order valence-electron chi connectivity index (χ4n) is 4.30. The van der Waals surface area contributed by atoms with Gasteiger partial charge in [-0.15, -0.1) is 5.10 Å². The van der Waals surface area contributed by atoms with Gasteiger partial charge < -0.3 is 11.1 Å². The van der Waals surface area contributed by atoms with E-state index >= 15 is 0 Å². The second-order valence-electron chi connectivity index (χ2n) is 8.31. The smallest absolute Gasteiger partial charge is 0.264 e. The average Bonchev–Trinajstić information content (AvgIpc) is 3.23. The molecule has 0 aliphatic rings. The molecule has 178 valence electrons. The highest BCUT2D eigenvalue weighted by atomic mass is 16.2. The summed E-state index contributed by atoms with van der Waals surface area (Å²) in [6, 6.07) is 18.0. The number of pyridine rings is 1. The van der Waals surface area contributed by atoms with Gasteiger partial charge in [-0.1, -0.05) is 49.1 Å². The molecule has 0 saturated heterocycles. The Morgan fingerprint density at radius 1 is 1.14 bits per heavy atom. The summed E-state index contributed by atoms with van der Waals surface area (Å²) < 4.78 is 3.09. The third kappa shape index (κ3) is 3.97. The van der Waals surface area contributed by atoms with Gasteiger partial charge >= 0.3 is 0 Å². The van der Waals surface area contributed by atoms with Crippen molar-refractivity contribution in [2.75, 3.05) is 5.73 Å². The largest absolute Gasteiger partial charge is 0.381 e. The van der Waals surface area contributed by atoms with E-state index in [0.29, 0.717) is 34.4 Å². The zero-order chi connectivity index (χ0) is 25.2. The quantitative estimate of drug-likeness (QED) is 0.383. The second-order valence-corrected chi connectivity index (χ2v) is 8.31. The van der Waals surface area contributed by atoms with Crippen molar-refractivity contribution in [3.05, 3.63) is 100 Å². The number of benzene rings is 2. The van der Waals surface area contributed by atoms with Crippen molar-refractivity contribution in [2.24, 2.45) is 0 Å². The maximum atomic E-state index is 13.9. The zero-order valence-electron chi connectivity index (χ0n) is 19.9. The van der Waals surface area contributed by atoms with E-state index in [1.54, 1.807) is 23.0 Å². The molecule has 3 heterocycles. The Bertz CT molecular complexity index is 1720. The highest BCUT2D eigenvalue weighted by molar-refractivity contribution is 6.04. The topological polar surface area (TPSA) is 107 Å². The van der Waals surface area contributed by atoms with Crippen LogP contribution in [0.3, 0.4) is 0 Å². The van der Waals surface area contributed by atoms with E-state index in [1.807, 2.05) is 68.4 Å². The van der Waals surface area contributed by atoms with Crippen LogP contribution in [0, 0.1) is 11.8 Å². The molecule has 36 heavy (non-hydrogen) atoms. The van der Waals surface area contributed by atoms with Crippen molar-refractivity contribution in [1.29, 1.82) is 0 Å². The number of aromatic nitrogens is 4. The second kappa shape index (κ2) is 9.39. The number of carbonyl (C=O) groups excluding carboxylic acids is 1. The van der Waals surface area contributed by atoms with Crippen LogP contribution in [0.4, 0.5) is 5.82 Å². The molecule has 1 amide bonds. The van der Waals surface area contributed by atoms with Gasteiger partial charge in [-0.05, 0) is 42.6 Å². The van der Waals surface area contributed by atoms with Gasteiger partial charge in [0.15, 0.2) is 11.5 Å². The van der Waals surface area contributed by atoms with Gasteiger partial charge in [-0.25, -0.2) is 9.50 Å². The van der Waals surface area contributed by atoms with Crippen LogP contribution in [-0.4, -0.2) is 25.1 Å². The Kier molecular flexibility index (Phi) is 5.97. The van der Waals surface area contributed by atoms with Crippen molar-refractivity contribution < 1.29 is 4.79 Å². The molecule has 0 bridgehead atoms. The van der Waals surface area contributed by atoms with Gasteiger partial charge in [-0.2, -0.15) is 0 Å². The van der Waals surface area contributed by atoms with E-state index in [2.05, 4.69) is 27.2 Å². The van der Waals surface area contributed by atoms with Gasteiger partial charge in [0.25, 0.3) is 11.5 Å². The number of hydrogen-bond acceptors (Lipinski definition) is 5. The number of amides is 1. The monoisotopic (exact) mass is 476 g/mol. The Balaban J connectivity index is 1.66. The molecule has 0 saturated carbocycles. The number of nitrogens with zero attached hydrogens (tertiary/aromatic N) is 4. The third-order valence-electron chi connectivity index (χ3n) is 5.93. The molecule has 0 aliphatic heterocycles. The van der Waals surface area contributed by atoms with Gasteiger partial charge in [-0.3, -0.25) is 14.2 Å². The highest BCUT2D eigenvalue weighted by Crippen LogP contribution is 2.24. The number of nitrogen functional groups attached to an aromatic ring is 1. The number of fused-ring (bicyclic) bond motifs is 2. The molecular weight excluding hydrogens is 452 g/mol. The summed E-state index contributed by atoms with van der Waals surface area (Å²) in [4.78, 5) is 31.5. The molecule has 5 rings (SSSR count). The number of carbonyl (C=O) groups is 1. The minimum absolute atomic E-state index is 0.0801. The van der Waals surface area contributed by atoms with Crippen molar-refractivity contribution in [3.8, 4) is 17.5 Å². The first-order valence-electron chi connectivity index (χ1n) is 11.6. The van der Waals surface area contributed by atoms with Crippen LogP contribution in [0.15, 0.2) is 77.9 Å². The predicted octanol–water partition coefficient (Wildman–Crippen LogP) is 3.87. The maximum absolute atomic E-state index is 13.9. The van der Waals surface area contributed by atoms with E-state index in [4.69, 9.17) is 5.73 Å². The fraction of sp³-hybridized carbons (Fsp3) is 0.143. The molecule has 3 aromatic heterocycles. The van der Waals surface area contributed by atoms with Gasteiger partial charge in [0.1, 0.15) is 5.56 Å². The van der Waals surface area contributed by atoms with E-state index < -0.39 is 11.9 Å². The zero-order valence-corrected chi connectivity index (χ0v) is 19.9. The van der Waals surface area contributed by atoms with Crippen molar-refractivity contribution in [2.45, 2.75) is 26.3 Å². The SMILES string of the molecule is CCC#Cc1cccc2cc(C(C)NC(=O)c3c(N)nn4cccnc34)n(-c3ccccc3)c(=O)c12. The third-order valence-corrected chi connectivity index (χ3v) is 5.93. The molecule has 3 N–H and O–H groups in total. The van der Waals surface area contributed by atoms with Gasteiger partial charge in [0.2, 0.25) is 0 Å². The Labute approximate surface area is 207 Å². The van der Waals surface area contributed by atoms with Crippen LogP contribution in [0.25, 0.3) is 22.1 Å². The van der Waals surface area contributed by atoms with Gasteiger partial charge in [0, 0.05) is 35.8 Å². The molecule has 2 aromatic carbocycles. The van der Waals surface area contributed by atoms with Crippen LogP contribution in [0.2, 0.25) is 0 Å². The van der Waals surface area contributed by atoms with Crippen LogP contribution in [-0.2, 0) is 0 Å². The van der Waals surface area contributed by atoms with E-state index in [0.717, 1.165) is 5.39 Å². The van der Waals surface area contributed by atoms with E-state index in [9.17, 15) is 9.59 Å². The first-order valence-corrected chi connectivity index (χ1v) is 11.6. The highest BCUT2D eigenvalue weighted by Gasteiger charge is 2.23. The number of rotatable bonds is 4. The molecule has 1 atom stereocenters. The molecule has 0 radical (unpaired) electrons. The van der Waals surface area contributed by atoms with Crippen molar-refractivity contribution in [3.63, 3.8) is 0 Å². The normalized spacial score (nSPS) is 11.7. The molecule has 1 unspecified atom stereocenters. The molecule has 0 spiro atoms. The Morgan fingerprint density at radius 2 is 1.94 bits per heavy atom. The minimum Gasteiger partial charge on any atom is -0.381 e. The van der Waals surface area contributed by atoms with Crippen molar-refractivity contribution >= 4 is 28.1 Å². The predicted molar refractivity (Wildman–Crippen MR) is 140 cm³/mol. The lowest BCUT2D eigenvalue weighted by molar-refractivity contribution is 0.0941. The first kappa shape index (κ1) is 22.9. The van der Waals surface area contributed by atoms with Gasteiger partial charge in [0.05, 0.1) is 11.4 Å². The summed E-state index contributed by atoms with van der Waals surface area (Å²) in [5, 5.41) is 8.45. The lowest BCUT2D eigenvalue weighted by Crippen LogP contribution is -2.32. The number of nitrogens with two attached hydrogens (primary N) is 1. The Hall–Kier alpha value is -4.90. The molecule has 8 nitrogen and oxygen atoms in total. The number of nitrogens with one attached hydrogen (secondary N) is 1. The first-order chi connectivity index (χ1) is 17.5. The summed E-state index contributed by atoms with van der Waals surface area (Å²) >= 11 is 0. The molecule has 0 aliphatic carbocycles. The van der Waals surface area contributed by atoms with E-state index in [1.165, 1.54) is 4.52 Å². The lowest BCUT2D eigenvalue weighted by atomic mass is 10.0. The summed E-state index contributed by atoms with van der Waals surface area (Å²) in [6.45, 7) is 3.79. The van der Waals surface area contributed by atoms with Crippen LogP contribution >= 0.6 is 0 Å². The number of anilines is 1. The van der Waals surface area contributed by atoms with Crippen LogP contribution < -0.4 is 16.6 Å². The summed E-state index contributed by atoms with van der Waals surface area (Å²) in [5.74, 6) is 5.83. The fourth-order valence-corrected chi connectivity index (χ4v) is 4.30. The van der Waals surface area contributed by atoms with E-state index in [-0.39, 0.29) is 16.9 Å². The van der Waals surface area contributed by atoms with Crippen LogP contribution in [0.5, 0.6) is 0 Å². The molecular formula is C28H24N6O2. The molecule has 0 fully saturated rings. The van der Waals surface area contributed by atoms with Crippen LogP contribution in [0.1, 0.15) is 47.9 Å². The van der Waals surface area contributed by atoms with Crippen molar-refractivity contribution in [1.82, 2.24) is 24.5 Å². The molecule has 8 heteroatoms. The summed E-state index contributed by atoms with van der Waals surface area (Å²) in [7, 11) is 0. The lowest BCUT2D eigenvalue weighted by Gasteiger charge is -2.21. The minimum atomic E-state index is -0.543. The summed E-state index contributed by atoms with van der Waals surface area (Å²) in [6.07, 6.45) is 3.94. The molecule has 5 aromatic rings. The number of para-hydroxylation sites is 1. The maximum Gasteiger partial charge on any atom is 0.264 e. The standard InChI is InChI=1S/C28H24N6O2/c1-3-4-10-19-11-8-12-20-17-22(34(28(36)23(19)20)21-13-6-5-7-14-21)18(2)31-27(35)24-25(29)32-33-16-9-15-30-26(24)33/h5-9,11-18H,3H2,1-2H3,(H2,29,32)(H,31,35). The number of hydrogen-bond donors (Lipinski definition) is 2.